The van der Waals surface area contributed by atoms with Crippen LogP contribution in [-0.2, 0) is 11.2 Å². The number of amides is 1. The number of rotatable bonds is 5. The van der Waals surface area contributed by atoms with Gasteiger partial charge in [0.1, 0.15) is 0 Å². The molecule has 1 aromatic carbocycles. The van der Waals surface area contributed by atoms with E-state index in [-0.39, 0.29) is 18.2 Å². The van der Waals surface area contributed by atoms with Gasteiger partial charge in [-0.2, -0.15) is 5.10 Å². The summed E-state index contributed by atoms with van der Waals surface area (Å²) in [5.41, 5.74) is 4.92. The summed E-state index contributed by atoms with van der Waals surface area (Å²) >= 11 is 0. The van der Waals surface area contributed by atoms with Crippen molar-refractivity contribution in [3.63, 3.8) is 0 Å². The number of carbonyl (C=O) groups excluding carboxylic acids is 1. The third kappa shape index (κ3) is 3.42. The van der Waals surface area contributed by atoms with Crippen molar-refractivity contribution in [1.29, 1.82) is 0 Å². The van der Waals surface area contributed by atoms with Crippen LogP contribution >= 0.6 is 0 Å². The van der Waals surface area contributed by atoms with E-state index in [1.54, 1.807) is 12.4 Å². The first-order valence-corrected chi connectivity index (χ1v) is 8.90. The first kappa shape index (κ1) is 17.7. The zero-order valence-corrected chi connectivity index (χ0v) is 15.6. The molecule has 0 radical (unpaired) electrons. The average Bonchev–Trinajstić information content (AvgIpc) is 3.29. The van der Waals surface area contributed by atoms with Crippen molar-refractivity contribution in [2.75, 3.05) is 5.32 Å². The fourth-order valence-electron chi connectivity index (χ4n) is 3.12. The van der Waals surface area contributed by atoms with Gasteiger partial charge in [0.2, 0.25) is 11.8 Å². The van der Waals surface area contributed by atoms with Gasteiger partial charge in [-0.3, -0.25) is 15.1 Å². The Balaban J connectivity index is 1.55. The Kier molecular flexibility index (Phi) is 4.72. The number of benzene rings is 1. The molecule has 0 bridgehead atoms. The molecule has 1 amide bonds. The van der Waals surface area contributed by atoms with Crippen LogP contribution in [0.15, 0.2) is 65.4 Å². The zero-order valence-electron chi connectivity index (χ0n) is 15.6. The van der Waals surface area contributed by atoms with Gasteiger partial charge >= 0.3 is 0 Å². The molecule has 3 aromatic heterocycles. The maximum atomic E-state index is 12.7. The maximum absolute atomic E-state index is 12.7. The summed E-state index contributed by atoms with van der Waals surface area (Å²) in [6.45, 7) is 3.87. The molecule has 0 aliphatic carbocycles. The Hall–Kier alpha value is -3.74. The largest absolute Gasteiger partial charge is 0.338 e. The number of para-hydroxylation sites is 1. The number of pyridine rings is 1. The van der Waals surface area contributed by atoms with Gasteiger partial charge in [0.15, 0.2) is 0 Å². The van der Waals surface area contributed by atoms with E-state index in [2.05, 4.69) is 20.6 Å². The van der Waals surface area contributed by atoms with Crippen LogP contribution in [0.25, 0.3) is 16.9 Å². The molecule has 0 atom stereocenters. The first-order chi connectivity index (χ1) is 13.6. The second-order valence-corrected chi connectivity index (χ2v) is 6.41. The number of carbonyl (C=O) groups is 1. The molecule has 0 aliphatic heterocycles. The van der Waals surface area contributed by atoms with Gasteiger partial charge in [-0.25, -0.2) is 4.68 Å². The summed E-state index contributed by atoms with van der Waals surface area (Å²) < 4.78 is 7.07. The highest BCUT2D eigenvalue weighted by molar-refractivity contribution is 5.94. The molecule has 140 valence electrons. The van der Waals surface area contributed by atoms with Gasteiger partial charge in [0.25, 0.3) is 0 Å². The van der Waals surface area contributed by atoms with Crippen molar-refractivity contribution in [1.82, 2.24) is 19.9 Å². The molecule has 0 aliphatic rings. The van der Waals surface area contributed by atoms with Gasteiger partial charge in [-0.15, -0.1) is 0 Å². The fraction of sp³-hybridized carbons (Fsp3) is 0.143. The summed E-state index contributed by atoms with van der Waals surface area (Å²) in [6, 6.07) is 15.4. The van der Waals surface area contributed by atoms with E-state index in [4.69, 9.17) is 4.52 Å². The van der Waals surface area contributed by atoms with E-state index >= 15 is 0 Å². The van der Waals surface area contributed by atoms with Crippen LogP contribution in [0.4, 0.5) is 5.88 Å². The molecule has 0 fully saturated rings. The highest BCUT2D eigenvalue weighted by atomic mass is 16.5. The summed E-state index contributed by atoms with van der Waals surface area (Å²) in [4.78, 5) is 16.9. The maximum Gasteiger partial charge on any atom is 0.240 e. The van der Waals surface area contributed by atoms with Crippen LogP contribution in [0.5, 0.6) is 0 Å². The van der Waals surface area contributed by atoms with Gasteiger partial charge < -0.3 is 4.52 Å². The standard InChI is InChI=1S/C21H19N5O2/c1-14-17(15(2)26(25-14)16-8-4-3-5-9-16)12-20(27)24-21-18(13-23-28-21)19-10-6-7-11-22-19/h3-11,13H,12H2,1-2H3,(H,24,27). The minimum absolute atomic E-state index is 0.187. The lowest BCUT2D eigenvalue weighted by Crippen LogP contribution is -2.15. The predicted molar refractivity (Wildman–Crippen MR) is 105 cm³/mol. The third-order valence-electron chi connectivity index (χ3n) is 4.54. The lowest BCUT2D eigenvalue weighted by Gasteiger charge is -2.06. The van der Waals surface area contributed by atoms with Crippen molar-refractivity contribution in [2.45, 2.75) is 20.3 Å². The minimum atomic E-state index is -0.201. The molecule has 0 saturated carbocycles. The normalized spacial score (nSPS) is 10.8. The van der Waals surface area contributed by atoms with E-state index in [1.807, 2.05) is 67.1 Å². The number of aromatic nitrogens is 4. The van der Waals surface area contributed by atoms with Crippen LogP contribution in [0.2, 0.25) is 0 Å². The van der Waals surface area contributed by atoms with Crippen molar-refractivity contribution in [3.05, 3.63) is 77.9 Å². The Labute approximate surface area is 162 Å². The van der Waals surface area contributed by atoms with E-state index in [0.29, 0.717) is 11.3 Å². The Morgan fingerprint density at radius 3 is 2.64 bits per heavy atom. The molecule has 7 heteroatoms. The van der Waals surface area contributed by atoms with Crippen LogP contribution in [0.3, 0.4) is 0 Å². The molecular weight excluding hydrogens is 354 g/mol. The lowest BCUT2D eigenvalue weighted by molar-refractivity contribution is -0.115. The lowest BCUT2D eigenvalue weighted by atomic mass is 10.1. The van der Waals surface area contributed by atoms with Crippen LogP contribution in [0.1, 0.15) is 17.0 Å². The van der Waals surface area contributed by atoms with E-state index in [1.165, 1.54) is 0 Å². The van der Waals surface area contributed by atoms with Crippen LogP contribution in [-0.4, -0.2) is 25.8 Å². The number of aryl methyl sites for hydroxylation is 1. The Morgan fingerprint density at radius 2 is 1.89 bits per heavy atom. The second-order valence-electron chi connectivity index (χ2n) is 6.41. The average molecular weight is 373 g/mol. The molecule has 0 saturated heterocycles. The number of anilines is 1. The second kappa shape index (κ2) is 7.48. The highest BCUT2D eigenvalue weighted by Crippen LogP contribution is 2.26. The van der Waals surface area contributed by atoms with Crippen molar-refractivity contribution >= 4 is 11.8 Å². The van der Waals surface area contributed by atoms with Gasteiger partial charge in [-0.05, 0) is 38.1 Å². The van der Waals surface area contributed by atoms with Crippen molar-refractivity contribution in [3.8, 4) is 16.9 Å². The molecule has 28 heavy (non-hydrogen) atoms. The van der Waals surface area contributed by atoms with Crippen molar-refractivity contribution < 1.29 is 9.32 Å². The summed E-state index contributed by atoms with van der Waals surface area (Å²) in [6.07, 6.45) is 3.41. The SMILES string of the molecule is Cc1nn(-c2ccccc2)c(C)c1CC(=O)Nc1oncc1-c1ccccn1. The Morgan fingerprint density at radius 1 is 1.11 bits per heavy atom. The minimum Gasteiger partial charge on any atom is -0.338 e. The van der Waals surface area contributed by atoms with E-state index in [0.717, 1.165) is 22.6 Å². The molecular formula is C21H19N5O2. The van der Waals surface area contributed by atoms with E-state index < -0.39 is 0 Å². The molecule has 0 unspecified atom stereocenters. The molecule has 7 nitrogen and oxygen atoms in total. The molecule has 4 rings (SSSR count). The fourth-order valence-corrected chi connectivity index (χ4v) is 3.12. The molecule has 3 heterocycles. The predicted octanol–water partition coefficient (Wildman–Crippen LogP) is 3.72. The smallest absolute Gasteiger partial charge is 0.240 e. The highest BCUT2D eigenvalue weighted by Gasteiger charge is 2.19. The van der Waals surface area contributed by atoms with Gasteiger partial charge in [0, 0.05) is 17.5 Å². The van der Waals surface area contributed by atoms with Gasteiger partial charge in [0.05, 0.1) is 35.3 Å². The molecule has 0 spiro atoms. The first-order valence-electron chi connectivity index (χ1n) is 8.90. The van der Waals surface area contributed by atoms with E-state index in [9.17, 15) is 4.79 Å². The third-order valence-corrected chi connectivity index (χ3v) is 4.54. The Bertz CT molecular complexity index is 1100. The topological polar surface area (TPSA) is 85.8 Å². The van der Waals surface area contributed by atoms with Crippen LogP contribution < -0.4 is 5.32 Å². The number of hydrogen-bond donors (Lipinski definition) is 1. The summed E-state index contributed by atoms with van der Waals surface area (Å²) in [5, 5.41) is 11.2. The van der Waals surface area contributed by atoms with Gasteiger partial charge in [-0.1, -0.05) is 29.4 Å². The summed E-state index contributed by atoms with van der Waals surface area (Å²) in [7, 11) is 0. The quantitative estimate of drug-likeness (QED) is 0.576. The number of nitrogens with one attached hydrogen (secondary N) is 1. The number of nitrogens with zero attached hydrogens (tertiary/aromatic N) is 4. The monoisotopic (exact) mass is 373 g/mol. The van der Waals surface area contributed by atoms with Crippen LogP contribution in [0, 0.1) is 13.8 Å². The molecule has 4 aromatic rings. The zero-order chi connectivity index (χ0) is 19.5. The summed E-state index contributed by atoms with van der Waals surface area (Å²) in [5.74, 6) is 0.0854. The number of hydrogen-bond acceptors (Lipinski definition) is 5. The van der Waals surface area contributed by atoms with Crippen molar-refractivity contribution in [2.24, 2.45) is 0 Å². The molecule has 1 N–H and O–H groups in total.